The van der Waals surface area contributed by atoms with Crippen molar-refractivity contribution in [3.05, 3.63) is 30.1 Å². The SMILES string of the molecule is NCC1CCCN(c2ccc(F)cc2)C1=O. The van der Waals surface area contributed by atoms with Crippen molar-refractivity contribution in [2.24, 2.45) is 11.7 Å². The Morgan fingerprint density at radius 2 is 2.06 bits per heavy atom. The summed E-state index contributed by atoms with van der Waals surface area (Å²) in [6.45, 7) is 1.08. The monoisotopic (exact) mass is 222 g/mol. The van der Waals surface area contributed by atoms with Crippen molar-refractivity contribution >= 4 is 11.6 Å². The van der Waals surface area contributed by atoms with E-state index in [1.54, 1.807) is 17.0 Å². The molecule has 86 valence electrons. The van der Waals surface area contributed by atoms with Gasteiger partial charge >= 0.3 is 0 Å². The van der Waals surface area contributed by atoms with Gasteiger partial charge in [0.15, 0.2) is 0 Å². The van der Waals surface area contributed by atoms with Crippen LogP contribution in [0.5, 0.6) is 0 Å². The van der Waals surface area contributed by atoms with Gasteiger partial charge in [0.05, 0.1) is 5.92 Å². The fourth-order valence-corrected chi connectivity index (χ4v) is 2.05. The number of hydrogen-bond donors (Lipinski definition) is 1. The number of piperidine rings is 1. The summed E-state index contributed by atoms with van der Waals surface area (Å²) in [7, 11) is 0. The number of halogens is 1. The highest BCUT2D eigenvalue weighted by molar-refractivity contribution is 5.95. The molecule has 1 unspecified atom stereocenters. The zero-order valence-electron chi connectivity index (χ0n) is 9.03. The summed E-state index contributed by atoms with van der Waals surface area (Å²) in [5.74, 6) is -0.317. The smallest absolute Gasteiger partial charge is 0.231 e. The molecule has 0 spiro atoms. The molecule has 1 aliphatic rings. The summed E-state index contributed by atoms with van der Waals surface area (Å²) in [5, 5.41) is 0. The molecule has 2 rings (SSSR count). The van der Waals surface area contributed by atoms with Crippen molar-refractivity contribution in [3.8, 4) is 0 Å². The van der Waals surface area contributed by atoms with Gasteiger partial charge in [0, 0.05) is 18.8 Å². The third-order valence-corrected chi connectivity index (χ3v) is 2.97. The Morgan fingerprint density at radius 1 is 1.38 bits per heavy atom. The van der Waals surface area contributed by atoms with Gasteiger partial charge in [-0.2, -0.15) is 0 Å². The summed E-state index contributed by atoms with van der Waals surface area (Å²) in [4.78, 5) is 13.7. The van der Waals surface area contributed by atoms with Gasteiger partial charge in [-0.1, -0.05) is 0 Å². The minimum absolute atomic E-state index is 0.0559. The van der Waals surface area contributed by atoms with Crippen LogP contribution >= 0.6 is 0 Å². The van der Waals surface area contributed by atoms with Crippen LogP contribution in [0.4, 0.5) is 10.1 Å². The molecule has 1 aromatic rings. The van der Waals surface area contributed by atoms with Crippen molar-refractivity contribution < 1.29 is 9.18 Å². The van der Waals surface area contributed by atoms with Crippen LogP contribution in [0, 0.1) is 11.7 Å². The van der Waals surface area contributed by atoms with E-state index in [2.05, 4.69) is 0 Å². The van der Waals surface area contributed by atoms with Crippen LogP contribution < -0.4 is 10.6 Å². The van der Waals surface area contributed by atoms with Crippen LogP contribution in [0.2, 0.25) is 0 Å². The van der Waals surface area contributed by atoms with Gasteiger partial charge in [-0.05, 0) is 37.1 Å². The fraction of sp³-hybridized carbons (Fsp3) is 0.417. The first-order valence-corrected chi connectivity index (χ1v) is 5.49. The van der Waals surface area contributed by atoms with Gasteiger partial charge in [0.2, 0.25) is 5.91 Å². The molecule has 1 heterocycles. The van der Waals surface area contributed by atoms with Crippen LogP contribution in [-0.2, 0) is 4.79 Å². The van der Waals surface area contributed by atoms with E-state index in [0.717, 1.165) is 18.5 Å². The number of anilines is 1. The third-order valence-electron chi connectivity index (χ3n) is 2.97. The highest BCUT2D eigenvalue weighted by atomic mass is 19.1. The van der Waals surface area contributed by atoms with E-state index in [1.807, 2.05) is 0 Å². The minimum Gasteiger partial charge on any atom is -0.330 e. The van der Waals surface area contributed by atoms with Crippen LogP contribution in [-0.4, -0.2) is 19.0 Å². The lowest BCUT2D eigenvalue weighted by atomic mass is 9.97. The van der Waals surface area contributed by atoms with E-state index in [4.69, 9.17) is 5.73 Å². The van der Waals surface area contributed by atoms with Crippen LogP contribution in [0.1, 0.15) is 12.8 Å². The number of carbonyl (C=O) groups excluding carboxylic acids is 1. The maximum Gasteiger partial charge on any atom is 0.231 e. The zero-order chi connectivity index (χ0) is 11.5. The van der Waals surface area contributed by atoms with E-state index in [9.17, 15) is 9.18 Å². The molecule has 3 nitrogen and oxygen atoms in total. The van der Waals surface area contributed by atoms with E-state index < -0.39 is 0 Å². The lowest BCUT2D eigenvalue weighted by Crippen LogP contribution is -2.43. The predicted octanol–water partition coefficient (Wildman–Crippen LogP) is 1.53. The molecule has 1 aromatic carbocycles. The van der Waals surface area contributed by atoms with Crippen molar-refractivity contribution in [1.29, 1.82) is 0 Å². The van der Waals surface area contributed by atoms with Crippen LogP contribution in [0.25, 0.3) is 0 Å². The average molecular weight is 222 g/mol. The van der Waals surface area contributed by atoms with Crippen LogP contribution in [0.15, 0.2) is 24.3 Å². The summed E-state index contributed by atoms with van der Waals surface area (Å²) < 4.78 is 12.8. The number of benzene rings is 1. The Hall–Kier alpha value is -1.42. The maximum absolute atomic E-state index is 12.8. The first-order chi connectivity index (χ1) is 7.72. The van der Waals surface area contributed by atoms with E-state index >= 15 is 0 Å². The second kappa shape index (κ2) is 4.61. The molecule has 0 saturated carbocycles. The molecule has 2 N–H and O–H groups in total. The second-order valence-electron chi connectivity index (χ2n) is 4.04. The first kappa shape index (κ1) is 11.1. The summed E-state index contributed by atoms with van der Waals surface area (Å²) in [6, 6.07) is 6.00. The number of nitrogens with zero attached hydrogens (tertiary/aromatic N) is 1. The molecule has 0 radical (unpaired) electrons. The van der Waals surface area contributed by atoms with Crippen LogP contribution in [0.3, 0.4) is 0 Å². The Morgan fingerprint density at radius 3 is 2.69 bits per heavy atom. The Balaban J connectivity index is 2.20. The first-order valence-electron chi connectivity index (χ1n) is 5.49. The number of rotatable bonds is 2. The lowest BCUT2D eigenvalue weighted by Gasteiger charge is -2.31. The molecule has 1 amide bonds. The number of hydrogen-bond acceptors (Lipinski definition) is 2. The van der Waals surface area contributed by atoms with Gasteiger partial charge < -0.3 is 10.6 Å². The maximum atomic E-state index is 12.8. The summed E-state index contributed by atoms with van der Waals surface area (Å²) >= 11 is 0. The second-order valence-corrected chi connectivity index (χ2v) is 4.04. The average Bonchev–Trinajstić information content (AvgIpc) is 2.31. The molecule has 1 fully saturated rings. The predicted molar refractivity (Wildman–Crippen MR) is 60.5 cm³/mol. The standard InChI is InChI=1S/C12H15FN2O/c13-10-3-5-11(6-4-10)15-7-1-2-9(8-14)12(15)16/h3-6,9H,1-2,7-8,14H2. The zero-order valence-corrected chi connectivity index (χ0v) is 9.03. The Labute approximate surface area is 94.0 Å². The highest BCUT2D eigenvalue weighted by Gasteiger charge is 2.28. The molecule has 16 heavy (non-hydrogen) atoms. The largest absolute Gasteiger partial charge is 0.330 e. The topological polar surface area (TPSA) is 46.3 Å². The molecule has 4 heteroatoms. The normalized spacial score (nSPS) is 21.2. The van der Waals surface area contributed by atoms with Gasteiger partial charge in [-0.15, -0.1) is 0 Å². The summed E-state index contributed by atoms with van der Waals surface area (Å²) in [6.07, 6.45) is 1.80. The molecule has 1 atom stereocenters. The highest BCUT2D eigenvalue weighted by Crippen LogP contribution is 2.23. The fourth-order valence-electron chi connectivity index (χ4n) is 2.05. The Kier molecular flexibility index (Phi) is 3.19. The molecular weight excluding hydrogens is 207 g/mol. The summed E-state index contributed by atoms with van der Waals surface area (Å²) in [5.41, 5.74) is 6.30. The number of amides is 1. The van der Waals surface area contributed by atoms with E-state index in [-0.39, 0.29) is 17.6 Å². The minimum atomic E-state index is -0.288. The van der Waals surface area contributed by atoms with Gasteiger partial charge in [0.25, 0.3) is 0 Å². The molecule has 0 aliphatic carbocycles. The number of nitrogens with two attached hydrogens (primary N) is 1. The van der Waals surface area contributed by atoms with E-state index in [0.29, 0.717) is 13.1 Å². The van der Waals surface area contributed by atoms with Crippen molar-refractivity contribution in [3.63, 3.8) is 0 Å². The van der Waals surface area contributed by atoms with E-state index in [1.165, 1.54) is 12.1 Å². The van der Waals surface area contributed by atoms with Crippen molar-refractivity contribution in [1.82, 2.24) is 0 Å². The molecule has 1 aliphatic heterocycles. The van der Waals surface area contributed by atoms with Gasteiger partial charge in [0.1, 0.15) is 5.82 Å². The molecule has 0 aromatic heterocycles. The van der Waals surface area contributed by atoms with Gasteiger partial charge in [-0.3, -0.25) is 4.79 Å². The number of carbonyl (C=O) groups is 1. The molecule has 1 saturated heterocycles. The van der Waals surface area contributed by atoms with Crippen molar-refractivity contribution in [2.45, 2.75) is 12.8 Å². The third kappa shape index (κ3) is 2.07. The Bertz CT molecular complexity index is 377. The van der Waals surface area contributed by atoms with Gasteiger partial charge in [-0.25, -0.2) is 4.39 Å². The quantitative estimate of drug-likeness (QED) is 0.824. The lowest BCUT2D eigenvalue weighted by molar-refractivity contribution is -0.123. The molecular formula is C12H15FN2O. The van der Waals surface area contributed by atoms with Crippen molar-refractivity contribution in [2.75, 3.05) is 18.0 Å². The molecule has 0 bridgehead atoms.